The number of non-ortho nitro benzene ring substituents is 1. The molecule has 9 nitrogen and oxygen atoms in total. The van der Waals surface area contributed by atoms with Gasteiger partial charge in [0.1, 0.15) is 5.57 Å². The van der Waals surface area contributed by atoms with Gasteiger partial charge in [0.25, 0.3) is 17.5 Å². The molecule has 176 valence electrons. The lowest BCUT2D eigenvalue weighted by molar-refractivity contribution is -0.384. The van der Waals surface area contributed by atoms with Crippen molar-refractivity contribution in [3.05, 3.63) is 114 Å². The molecule has 0 fully saturated rings. The van der Waals surface area contributed by atoms with E-state index in [0.29, 0.717) is 5.56 Å². The average Bonchev–Trinajstić information content (AvgIpc) is 2.85. The number of benzene rings is 3. The second-order valence-electron chi connectivity index (χ2n) is 6.91. The highest BCUT2D eigenvalue weighted by molar-refractivity contribution is 9.10. The molecule has 3 aromatic rings. The summed E-state index contributed by atoms with van der Waals surface area (Å²) in [5.74, 6) is -1.57. The van der Waals surface area contributed by atoms with Gasteiger partial charge in [-0.05, 0) is 59.2 Å². The molecule has 0 atom stereocenters. The maximum absolute atomic E-state index is 12.8. The second-order valence-corrected chi connectivity index (χ2v) is 8.74. The van der Waals surface area contributed by atoms with Crippen LogP contribution in [0, 0.1) is 10.1 Å². The zero-order valence-corrected chi connectivity index (χ0v) is 21.1. The van der Waals surface area contributed by atoms with Crippen LogP contribution in [0.1, 0.15) is 16.7 Å². The molecule has 0 saturated heterocycles. The summed E-state index contributed by atoms with van der Waals surface area (Å²) in [4.78, 5) is 35.8. The Morgan fingerprint density at radius 3 is 1.51 bits per heavy atom. The van der Waals surface area contributed by atoms with Gasteiger partial charge in [-0.2, -0.15) is 10.2 Å². The molecule has 0 aromatic heterocycles. The highest BCUT2D eigenvalue weighted by Gasteiger charge is 2.18. The molecule has 11 heteroatoms. The van der Waals surface area contributed by atoms with Gasteiger partial charge in [0, 0.05) is 21.1 Å². The number of hydrogen-bond acceptors (Lipinski definition) is 6. The number of hydrogen-bond donors (Lipinski definition) is 2. The Kier molecular flexibility index (Phi) is 9.16. The lowest BCUT2D eigenvalue weighted by Crippen LogP contribution is -2.30. The van der Waals surface area contributed by atoms with Gasteiger partial charge in [0.05, 0.1) is 17.4 Å². The van der Waals surface area contributed by atoms with Gasteiger partial charge in [-0.1, -0.05) is 56.1 Å². The minimum atomic E-state index is -0.784. The van der Waals surface area contributed by atoms with E-state index in [4.69, 9.17) is 0 Å². The molecule has 0 aliphatic heterocycles. The van der Waals surface area contributed by atoms with Crippen LogP contribution in [0.2, 0.25) is 0 Å². The molecule has 0 heterocycles. The van der Waals surface area contributed by atoms with Crippen LogP contribution in [0.5, 0.6) is 0 Å². The van der Waals surface area contributed by atoms with E-state index in [0.717, 1.165) is 20.1 Å². The van der Waals surface area contributed by atoms with Crippen LogP contribution in [0.15, 0.2) is 97.5 Å². The van der Waals surface area contributed by atoms with Crippen LogP contribution in [-0.2, 0) is 9.59 Å². The number of nitrogens with zero attached hydrogens (tertiary/aromatic N) is 3. The lowest BCUT2D eigenvalue weighted by Gasteiger charge is -2.05. The Bertz CT molecular complexity index is 1230. The molecule has 2 amide bonds. The summed E-state index contributed by atoms with van der Waals surface area (Å²) >= 11 is 6.67. The number of halogens is 2. The van der Waals surface area contributed by atoms with Crippen molar-refractivity contribution in [1.29, 1.82) is 0 Å². The first-order chi connectivity index (χ1) is 16.8. The van der Waals surface area contributed by atoms with Gasteiger partial charge in [0.2, 0.25) is 0 Å². The Hall–Kier alpha value is -3.96. The molecule has 2 N–H and O–H groups in total. The predicted octanol–water partition coefficient (Wildman–Crippen LogP) is 4.80. The van der Waals surface area contributed by atoms with E-state index < -0.39 is 16.7 Å². The SMILES string of the molecule is O=C(N/N=C\c1ccc(Br)cc1)C(=Cc1ccc([N+](=O)[O-])cc1)C(=O)N/N=C\c1ccc(Br)cc1. The molecule has 0 spiro atoms. The fraction of sp³-hybridized carbons (Fsp3) is 0. The van der Waals surface area contributed by atoms with Crippen molar-refractivity contribution in [3.63, 3.8) is 0 Å². The zero-order chi connectivity index (χ0) is 25.2. The van der Waals surface area contributed by atoms with E-state index in [1.54, 1.807) is 24.3 Å². The average molecular weight is 599 g/mol. The van der Waals surface area contributed by atoms with E-state index in [2.05, 4.69) is 52.9 Å². The largest absolute Gasteiger partial charge is 0.277 e. The van der Waals surface area contributed by atoms with Crippen molar-refractivity contribution in [2.45, 2.75) is 0 Å². The summed E-state index contributed by atoms with van der Waals surface area (Å²) in [7, 11) is 0. The molecular formula is C24H17Br2N5O4. The van der Waals surface area contributed by atoms with E-state index in [1.807, 2.05) is 24.3 Å². The zero-order valence-electron chi connectivity index (χ0n) is 17.9. The highest BCUT2D eigenvalue weighted by Crippen LogP contribution is 2.15. The van der Waals surface area contributed by atoms with E-state index in [1.165, 1.54) is 42.8 Å². The van der Waals surface area contributed by atoms with Crippen LogP contribution in [0.4, 0.5) is 5.69 Å². The van der Waals surface area contributed by atoms with E-state index in [9.17, 15) is 19.7 Å². The van der Waals surface area contributed by atoms with Crippen LogP contribution < -0.4 is 10.9 Å². The van der Waals surface area contributed by atoms with E-state index >= 15 is 0 Å². The number of nitrogens with one attached hydrogen (secondary N) is 2. The minimum Gasteiger partial charge on any atom is -0.267 e. The summed E-state index contributed by atoms with van der Waals surface area (Å²) in [5.41, 5.74) is 6.10. The van der Waals surface area contributed by atoms with Crippen LogP contribution in [0.25, 0.3) is 6.08 Å². The van der Waals surface area contributed by atoms with Crippen LogP contribution >= 0.6 is 31.9 Å². The number of rotatable bonds is 8. The third-order valence-electron chi connectivity index (χ3n) is 4.40. The number of hydrazone groups is 2. The Labute approximate surface area is 217 Å². The molecule has 0 unspecified atom stereocenters. The number of amides is 2. The Morgan fingerprint density at radius 2 is 1.11 bits per heavy atom. The molecule has 35 heavy (non-hydrogen) atoms. The maximum Gasteiger partial charge on any atom is 0.277 e. The minimum absolute atomic E-state index is 0.115. The quantitative estimate of drug-likeness (QED) is 0.0964. The monoisotopic (exact) mass is 597 g/mol. The summed E-state index contributed by atoms with van der Waals surface area (Å²) in [6.07, 6.45) is 4.15. The molecular weight excluding hydrogens is 582 g/mol. The highest BCUT2D eigenvalue weighted by atomic mass is 79.9. The standard InChI is InChI=1S/C24H17Br2N5O4/c25-19-7-1-17(2-8-19)14-27-29-23(32)22(13-16-5-11-21(12-6-16)31(34)35)24(33)30-28-15-18-3-9-20(26)10-4-18/h1-15H,(H,29,32)(H,30,33)/b27-14-,28-15-. The van der Waals surface area contributed by atoms with Gasteiger partial charge in [-0.15, -0.1) is 0 Å². The fourth-order valence-electron chi connectivity index (χ4n) is 2.64. The summed E-state index contributed by atoms with van der Waals surface area (Å²) in [6, 6.07) is 19.8. The Morgan fingerprint density at radius 1 is 0.714 bits per heavy atom. The molecule has 0 saturated carbocycles. The number of nitro benzene ring substituents is 1. The first-order valence-corrected chi connectivity index (χ1v) is 11.5. The first kappa shape index (κ1) is 25.7. The maximum atomic E-state index is 12.8. The van der Waals surface area contributed by atoms with Gasteiger partial charge >= 0.3 is 0 Å². The summed E-state index contributed by atoms with van der Waals surface area (Å²) in [5, 5.41) is 18.7. The van der Waals surface area contributed by atoms with Gasteiger partial charge in [-0.3, -0.25) is 19.7 Å². The van der Waals surface area contributed by atoms with Crippen molar-refractivity contribution in [3.8, 4) is 0 Å². The third-order valence-corrected chi connectivity index (χ3v) is 5.46. The summed E-state index contributed by atoms with van der Waals surface area (Å²) < 4.78 is 1.79. The molecule has 3 rings (SSSR count). The fourth-order valence-corrected chi connectivity index (χ4v) is 3.17. The number of carbonyl (C=O) groups excluding carboxylic acids is 2. The van der Waals surface area contributed by atoms with Gasteiger partial charge in [0.15, 0.2) is 0 Å². The van der Waals surface area contributed by atoms with Crippen molar-refractivity contribution >= 4 is 67.9 Å². The number of carbonyl (C=O) groups is 2. The molecule has 0 radical (unpaired) electrons. The van der Waals surface area contributed by atoms with Crippen molar-refractivity contribution in [1.82, 2.24) is 10.9 Å². The second kappa shape index (κ2) is 12.5. The smallest absolute Gasteiger partial charge is 0.267 e. The molecule has 0 aliphatic carbocycles. The normalized spacial score (nSPS) is 10.8. The molecule has 0 aliphatic rings. The first-order valence-electron chi connectivity index (χ1n) is 9.96. The van der Waals surface area contributed by atoms with Crippen molar-refractivity contribution < 1.29 is 14.5 Å². The lowest BCUT2D eigenvalue weighted by atomic mass is 10.1. The molecule has 0 bridgehead atoms. The van der Waals surface area contributed by atoms with Crippen molar-refractivity contribution in [2.75, 3.05) is 0 Å². The van der Waals surface area contributed by atoms with Crippen LogP contribution in [-0.4, -0.2) is 29.2 Å². The predicted molar refractivity (Wildman–Crippen MR) is 141 cm³/mol. The summed E-state index contributed by atoms with van der Waals surface area (Å²) in [6.45, 7) is 0. The van der Waals surface area contributed by atoms with Gasteiger partial charge < -0.3 is 0 Å². The third kappa shape index (κ3) is 8.09. The number of nitro groups is 1. The topological polar surface area (TPSA) is 126 Å². The van der Waals surface area contributed by atoms with Crippen molar-refractivity contribution in [2.24, 2.45) is 10.2 Å². The van der Waals surface area contributed by atoms with Gasteiger partial charge in [-0.25, -0.2) is 10.9 Å². The van der Waals surface area contributed by atoms with Crippen LogP contribution in [0.3, 0.4) is 0 Å². The Balaban J connectivity index is 1.78. The molecule has 3 aromatic carbocycles. The van der Waals surface area contributed by atoms with E-state index in [-0.39, 0.29) is 11.3 Å².